The lowest BCUT2D eigenvalue weighted by molar-refractivity contribution is -0.136. The van der Waals surface area contributed by atoms with Gasteiger partial charge in [0.15, 0.2) is 11.5 Å². The van der Waals surface area contributed by atoms with Gasteiger partial charge >= 0.3 is 5.97 Å². The molecule has 4 aromatic rings. The Labute approximate surface area is 187 Å². The second kappa shape index (κ2) is 9.06. The van der Waals surface area contributed by atoms with Crippen LogP contribution in [-0.2, 0) is 17.8 Å². The van der Waals surface area contributed by atoms with E-state index in [1.165, 1.54) is 0 Å². The zero-order valence-corrected chi connectivity index (χ0v) is 18.4. The van der Waals surface area contributed by atoms with Crippen molar-refractivity contribution in [2.24, 2.45) is 0 Å². The molecule has 1 heterocycles. The zero-order chi connectivity index (χ0) is 22.7. The predicted octanol–water partition coefficient (Wildman–Crippen LogP) is 5.10. The SMILES string of the molecule is COc1ccc(N(C)c2ccc(Cn3cc(CC(=O)O)c4ccccc43)cc2)cc1OC. The molecular formula is C26H26N2O4. The van der Waals surface area contributed by atoms with E-state index < -0.39 is 5.97 Å². The van der Waals surface area contributed by atoms with E-state index in [9.17, 15) is 9.90 Å². The van der Waals surface area contributed by atoms with Crippen molar-refractivity contribution in [2.75, 3.05) is 26.2 Å². The molecule has 1 aromatic heterocycles. The molecule has 3 aromatic carbocycles. The van der Waals surface area contributed by atoms with E-state index in [2.05, 4.69) is 33.7 Å². The number of carbonyl (C=O) groups is 1. The molecule has 0 amide bonds. The minimum absolute atomic E-state index is 0.0164. The fraction of sp³-hybridized carbons (Fsp3) is 0.192. The van der Waals surface area contributed by atoms with Gasteiger partial charge in [-0.25, -0.2) is 0 Å². The number of aromatic nitrogens is 1. The van der Waals surface area contributed by atoms with Crippen LogP contribution in [0.25, 0.3) is 10.9 Å². The number of ether oxygens (including phenoxy) is 2. The summed E-state index contributed by atoms with van der Waals surface area (Å²) in [6, 6.07) is 22.1. The molecule has 0 atom stereocenters. The number of para-hydroxylation sites is 1. The van der Waals surface area contributed by atoms with Crippen molar-refractivity contribution in [3.05, 3.63) is 84.1 Å². The van der Waals surface area contributed by atoms with Crippen molar-refractivity contribution in [1.29, 1.82) is 0 Å². The van der Waals surface area contributed by atoms with Crippen LogP contribution in [0.1, 0.15) is 11.1 Å². The number of methoxy groups -OCH3 is 2. The van der Waals surface area contributed by atoms with Crippen LogP contribution in [0.2, 0.25) is 0 Å². The number of hydrogen-bond donors (Lipinski definition) is 1. The summed E-state index contributed by atoms with van der Waals surface area (Å²) in [5.41, 5.74) is 5.04. The molecule has 4 rings (SSSR count). The van der Waals surface area contributed by atoms with Gasteiger partial charge in [-0.3, -0.25) is 4.79 Å². The first-order valence-electron chi connectivity index (χ1n) is 10.3. The van der Waals surface area contributed by atoms with Gasteiger partial charge in [0.2, 0.25) is 0 Å². The molecule has 0 radical (unpaired) electrons. The molecule has 0 aliphatic heterocycles. The van der Waals surface area contributed by atoms with Gasteiger partial charge in [-0.2, -0.15) is 0 Å². The molecular weight excluding hydrogens is 404 g/mol. The molecule has 0 saturated heterocycles. The molecule has 0 bridgehead atoms. The number of nitrogens with zero attached hydrogens (tertiary/aromatic N) is 2. The fourth-order valence-corrected chi connectivity index (χ4v) is 3.96. The van der Waals surface area contributed by atoms with Crippen LogP contribution in [0.15, 0.2) is 72.9 Å². The van der Waals surface area contributed by atoms with Crippen LogP contribution >= 0.6 is 0 Å². The summed E-state index contributed by atoms with van der Waals surface area (Å²) in [4.78, 5) is 13.3. The van der Waals surface area contributed by atoms with Crippen molar-refractivity contribution in [1.82, 2.24) is 4.57 Å². The smallest absolute Gasteiger partial charge is 0.307 e. The molecule has 6 nitrogen and oxygen atoms in total. The molecule has 0 unspecified atom stereocenters. The molecule has 6 heteroatoms. The van der Waals surface area contributed by atoms with E-state index in [-0.39, 0.29) is 6.42 Å². The number of hydrogen-bond acceptors (Lipinski definition) is 4. The summed E-state index contributed by atoms with van der Waals surface area (Å²) in [7, 11) is 5.26. The first kappa shape index (κ1) is 21.3. The third-order valence-corrected chi connectivity index (χ3v) is 5.64. The second-order valence-electron chi connectivity index (χ2n) is 7.63. The van der Waals surface area contributed by atoms with E-state index in [4.69, 9.17) is 9.47 Å². The van der Waals surface area contributed by atoms with Crippen molar-refractivity contribution < 1.29 is 19.4 Å². The van der Waals surface area contributed by atoms with Crippen LogP contribution in [0, 0.1) is 0 Å². The Kier molecular flexibility index (Phi) is 6.03. The number of carboxylic acid groups (broad SMARTS) is 1. The number of benzene rings is 3. The molecule has 0 saturated carbocycles. The highest BCUT2D eigenvalue weighted by molar-refractivity contribution is 5.87. The Hall–Kier alpha value is -3.93. The maximum Gasteiger partial charge on any atom is 0.307 e. The molecule has 164 valence electrons. The van der Waals surface area contributed by atoms with Crippen molar-refractivity contribution in [3.8, 4) is 11.5 Å². The minimum Gasteiger partial charge on any atom is -0.493 e. The van der Waals surface area contributed by atoms with Crippen LogP contribution in [0.4, 0.5) is 11.4 Å². The predicted molar refractivity (Wildman–Crippen MR) is 126 cm³/mol. The van der Waals surface area contributed by atoms with E-state index in [1.54, 1.807) is 14.2 Å². The van der Waals surface area contributed by atoms with E-state index in [0.717, 1.165) is 33.4 Å². The number of fused-ring (bicyclic) bond motifs is 1. The monoisotopic (exact) mass is 430 g/mol. The quantitative estimate of drug-likeness (QED) is 0.421. The highest BCUT2D eigenvalue weighted by atomic mass is 16.5. The first-order valence-corrected chi connectivity index (χ1v) is 10.3. The summed E-state index contributed by atoms with van der Waals surface area (Å²) < 4.78 is 12.9. The summed E-state index contributed by atoms with van der Waals surface area (Å²) >= 11 is 0. The minimum atomic E-state index is -0.824. The Morgan fingerprint density at radius 1 is 0.938 bits per heavy atom. The van der Waals surface area contributed by atoms with Gasteiger partial charge in [-0.15, -0.1) is 0 Å². The van der Waals surface area contributed by atoms with Gasteiger partial charge in [-0.1, -0.05) is 30.3 Å². The largest absolute Gasteiger partial charge is 0.493 e. The van der Waals surface area contributed by atoms with Crippen molar-refractivity contribution >= 4 is 28.2 Å². The van der Waals surface area contributed by atoms with Crippen LogP contribution < -0.4 is 14.4 Å². The molecule has 1 N–H and O–H groups in total. The lowest BCUT2D eigenvalue weighted by atomic mass is 10.1. The molecule has 0 aliphatic rings. The summed E-state index contributed by atoms with van der Waals surface area (Å²) in [6.45, 7) is 0.667. The van der Waals surface area contributed by atoms with Crippen LogP contribution in [0.5, 0.6) is 11.5 Å². The Morgan fingerprint density at radius 2 is 1.62 bits per heavy atom. The number of carboxylic acids is 1. The molecule has 0 fully saturated rings. The number of aliphatic carboxylic acids is 1. The molecule has 0 aliphatic carbocycles. The fourth-order valence-electron chi connectivity index (χ4n) is 3.96. The average Bonchev–Trinajstić information content (AvgIpc) is 3.15. The second-order valence-corrected chi connectivity index (χ2v) is 7.63. The van der Waals surface area contributed by atoms with Gasteiger partial charge < -0.3 is 24.0 Å². The van der Waals surface area contributed by atoms with Crippen LogP contribution in [0.3, 0.4) is 0 Å². The Balaban J connectivity index is 1.57. The number of rotatable bonds is 8. The van der Waals surface area contributed by atoms with E-state index in [0.29, 0.717) is 18.0 Å². The third kappa shape index (κ3) is 4.25. The summed E-state index contributed by atoms with van der Waals surface area (Å²) in [6.07, 6.45) is 1.96. The molecule has 32 heavy (non-hydrogen) atoms. The third-order valence-electron chi connectivity index (χ3n) is 5.64. The van der Waals surface area contributed by atoms with E-state index in [1.807, 2.05) is 55.7 Å². The maximum absolute atomic E-state index is 11.2. The van der Waals surface area contributed by atoms with Gasteiger partial charge in [0, 0.05) is 48.1 Å². The maximum atomic E-state index is 11.2. The molecule has 0 spiro atoms. The number of anilines is 2. The zero-order valence-electron chi connectivity index (χ0n) is 18.4. The lowest BCUT2D eigenvalue weighted by Crippen LogP contribution is -2.10. The van der Waals surface area contributed by atoms with Gasteiger partial charge in [0.25, 0.3) is 0 Å². The van der Waals surface area contributed by atoms with Crippen LogP contribution in [-0.4, -0.2) is 36.9 Å². The standard InChI is InChI=1S/C26H26N2O4/c1-27(21-12-13-24(31-2)25(15-21)32-3)20-10-8-18(9-11-20)16-28-17-19(14-26(29)30)22-6-4-5-7-23(22)28/h4-13,15,17H,14,16H2,1-3H3,(H,29,30). The van der Waals surface area contributed by atoms with Gasteiger partial charge in [0.05, 0.1) is 20.6 Å². The Morgan fingerprint density at radius 3 is 2.31 bits per heavy atom. The lowest BCUT2D eigenvalue weighted by Gasteiger charge is -2.21. The van der Waals surface area contributed by atoms with Crippen molar-refractivity contribution in [3.63, 3.8) is 0 Å². The van der Waals surface area contributed by atoms with Gasteiger partial charge in [0.1, 0.15) is 0 Å². The Bertz CT molecular complexity index is 1240. The van der Waals surface area contributed by atoms with Gasteiger partial charge in [-0.05, 0) is 41.5 Å². The van der Waals surface area contributed by atoms with Crippen molar-refractivity contribution in [2.45, 2.75) is 13.0 Å². The summed E-state index contributed by atoms with van der Waals surface area (Å²) in [5.74, 6) is 0.557. The highest BCUT2D eigenvalue weighted by Crippen LogP contribution is 2.34. The average molecular weight is 431 g/mol. The van der Waals surface area contributed by atoms with E-state index >= 15 is 0 Å². The normalized spacial score (nSPS) is 10.8. The summed E-state index contributed by atoms with van der Waals surface area (Å²) in [5, 5.41) is 10.2. The topological polar surface area (TPSA) is 63.9 Å². The highest BCUT2D eigenvalue weighted by Gasteiger charge is 2.12. The first-order chi connectivity index (χ1) is 15.5.